The molecule has 0 fully saturated rings. The summed E-state index contributed by atoms with van der Waals surface area (Å²) in [6.45, 7) is 0.872. The summed E-state index contributed by atoms with van der Waals surface area (Å²) in [5, 5.41) is 18.0. The average molecular weight is 523 g/mol. The number of H-pyrrole nitrogens is 1. The Kier molecular flexibility index (Phi) is 8.05. The van der Waals surface area contributed by atoms with Crippen molar-refractivity contribution >= 4 is 58.9 Å². The molecule has 4 rings (SSSR count). The maximum Gasteiger partial charge on any atom is 0.311 e. The zero-order chi connectivity index (χ0) is 23.4. The third-order valence-corrected chi connectivity index (χ3v) is 5.09. The number of imidazole rings is 1. The predicted molar refractivity (Wildman–Crippen MR) is 135 cm³/mol. The van der Waals surface area contributed by atoms with Crippen molar-refractivity contribution in [3.05, 3.63) is 69.1 Å². The van der Waals surface area contributed by atoms with Crippen molar-refractivity contribution in [2.75, 3.05) is 29.5 Å². The van der Waals surface area contributed by atoms with Crippen LogP contribution < -0.4 is 16.4 Å². The van der Waals surface area contributed by atoms with Crippen LogP contribution in [0.1, 0.15) is 0 Å². The Labute approximate surface area is 209 Å². The third-order valence-electron chi connectivity index (χ3n) is 4.54. The normalized spacial score (nSPS) is 10.4. The highest BCUT2D eigenvalue weighted by Gasteiger charge is 2.16. The fourth-order valence-corrected chi connectivity index (χ4v) is 3.52. The molecule has 4 aromatic rings. The van der Waals surface area contributed by atoms with Crippen LogP contribution in [-0.4, -0.2) is 42.9 Å². The van der Waals surface area contributed by atoms with Gasteiger partial charge in [-0.25, -0.2) is 19.9 Å². The smallest absolute Gasteiger partial charge is 0.311 e. The number of nitro groups is 1. The van der Waals surface area contributed by atoms with Crippen LogP contribution in [0.2, 0.25) is 10.0 Å². The van der Waals surface area contributed by atoms with E-state index >= 15 is 0 Å². The lowest BCUT2D eigenvalue weighted by atomic mass is 10.1. The van der Waals surface area contributed by atoms with E-state index < -0.39 is 4.92 Å². The van der Waals surface area contributed by atoms with Gasteiger partial charge in [-0.1, -0.05) is 23.2 Å². The molecule has 1 aromatic carbocycles. The van der Waals surface area contributed by atoms with Gasteiger partial charge in [-0.05, 0) is 24.3 Å². The Morgan fingerprint density at radius 2 is 1.85 bits per heavy atom. The van der Waals surface area contributed by atoms with Gasteiger partial charge < -0.3 is 21.4 Å². The van der Waals surface area contributed by atoms with E-state index in [1.165, 1.54) is 12.1 Å². The number of rotatable bonds is 8. The number of benzene rings is 1. The van der Waals surface area contributed by atoms with Gasteiger partial charge in [-0.15, -0.1) is 12.4 Å². The molecule has 0 aliphatic heterocycles. The molecule has 0 atom stereocenters. The van der Waals surface area contributed by atoms with Gasteiger partial charge in [0.15, 0.2) is 0 Å². The number of nitrogens with two attached hydrogens (primary N) is 1. The molecule has 3 aromatic heterocycles. The Morgan fingerprint density at radius 1 is 1.06 bits per heavy atom. The third kappa shape index (κ3) is 5.63. The standard InChI is InChI=1S/C20H17Cl2N9O2.ClH/c21-11-1-2-12(14(22)9-11)17-13(19-25-6-7-26-19)10-28-20(30-17)27-8-5-24-16-4-3-15(31(32)33)18(23)29-16;/h1-4,6-7,9-10H,5,8H2,(H,25,26)(H3,23,24,29)(H,27,28,30);1H. The first-order valence-corrected chi connectivity index (χ1v) is 10.4. The van der Waals surface area contributed by atoms with Crippen LogP contribution in [0, 0.1) is 10.1 Å². The summed E-state index contributed by atoms with van der Waals surface area (Å²) in [5.74, 6) is 1.25. The molecule has 0 spiro atoms. The van der Waals surface area contributed by atoms with Crippen LogP contribution in [0.3, 0.4) is 0 Å². The molecule has 5 N–H and O–H groups in total. The lowest BCUT2D eigenvalue weighted by Gasteiger charge is -2.12. The number of nitrogen functional groups attached to an aromatic ring is 1. The lowest BCUT2D eigenvalue weighted by Crippen LogP contribution is -2.16. The number of aromatic nitrogens is 5. The molecular weight excluding hydrogens is 505 g/mol. The molecular formula is C20H18Cl3N9O2. The van der Waals surface area contributed by atoms with Crippen LogP contribution in [0.15, 0.2) is 48.9 Å². The molecule has 0 unspecified atom stereocenters. The van der Waals surface area contributed by atoms with Crippen LogP contribution in [-0.2, 0) is 0 Å². The summed E-state index contributed by atoms with van der Waals surface area (Å²) < 4.78 is 0. The topological polar surface area (TPSA) is 161 Å². The number of aromatic amines is 1. The number of nitrogens with one attached hydrogen (secondary N) is 3. The van der Waals surface area contributed by atoms with Crippen molar-refractivity contribution in [2.24, 2.45) is 0 Å². The van der Waals surface area contributed by atoms with Crippen molar-refractivity contribution in [3.63, 3.8) is 0 Å². The second-order valence-electron chi connectivity index (χ2n) is 6.73. The van der Waals surface area contributed by atoms with Gasteiger partial charge in [0.25, 0.3) is 0 Å². The molecule has 0 saturated carbocycles. The summed E-state index contributed by atoms with van der Waals surface area (Å²) in [6.07, 6.45) is 5.00. The minimum Gasteiger partial charge on any atom is -0.378 e. The fraction of sp³-hybridized carbons (Fsp3) is 0.100. The minimum atomic E-state index is -0.581. The molecule has 176 valence electrons. The highest BCUT2D eigenvalue weighted by Crippen LogP contribution is 2.35. The van der Waals surface area contributed by atoms with Gasteiger partial charge in [0.1, 0.15) is 11.6 Å². The first kappa shape index (κ1) is 25.0. The maximum absolute atomic E-state index is 10.8. The molecule has 11 nitrogen and oxygen atoms in total. The molecule has 0 aliphatic rings. The lowest BCUT2D eigenvalue weighted by molar-refractivity contribution is -0.384. The molecule has 0 amide bonds. The van der Waals surface area contributed by atoms with E-state index in [2.05, 4.69) is 35.6 Å². The fourth-order valence-electron chi connectivity index (χ4n) is 3.02. The number of halogens is 3. The zero-order valence-corrected chi connectivity index (χ0v) is 19.7. The molecule has 0 aliphatic carbocycles. The SMILES string of the molecule is Cl.Nc1nc(NCCNc2ncc(-c3ncc[nH]3)c(-c3ccc(Cl)cc3Cl)n2)ccc1[N+](=O)[O-]. The van der Waals surface area contributed by atoms with Crippen LogP contribution in [0.25, 0.3) is 22.6 Å². The Bertz CT molecular complexity index is 1300. The zero-order valence-electron chi connectivity index (χ0n) is 17.3. The Hall–Kier alpha value is -3.67. The van der Waals surface area contributed by atoms with Gasteiger partial charge >= 0.3 is 5.69 Å². The first-order valence-electron chi connectivity index (χ1n) is 9.63. The number of pyridine rings is 1. The second kappa shape index (κ2) is 11.0. The monoisotopic (exact) mass is 521 g/mol. The average Bonchev–Trinajstić information content (AvgIpc) is 3.31. The van der Waals surface area contributed by atoms with Crippen LogP contribution in [0.4, 0.5) is 23.3 Å². The molecule has 0 radical (unpaired) electrons. The summed E-state index contributed by atoms with van der Waals surface area (Å²) in [5.41, 5.74) is 7.32. The number of anilines is 3. The van der Waals surface area contributed by atoms with E-state index in [0.717, 1.165) is 0 Å². The first-order chi connectivity index (χ1) is 15.9. The van der Waals surface area contributed by atoms with Crippen LogP contribution >= 0.6 is 35.6 Å². The van der Waals surface area contributed by atoms with E-state index in [-0.39, 0.29) is 23.9 Å². The highest BCUT2D eigenvalue weighted by atomic mass is 35.5. The van der Waals surface area contributed by atoms with Crippen molar-refractivity contribution in [1.82, 2.24) is 24.9 Å². The van der Waals surface area contributed by atoms with Crippen LogP contribution in [0.5, 0.6) is 0 Å². The summed E-state index contributed by atoms with van der Waals surface area (Å²) in [7, 11) is 0. The largest absolute Gasteiger partial charge is 0.378 e. The Morgan fingerprint density at radius 3 is 2.53 bits per heavy atom. The number of nitrogens with zero attached hydrogens (tertiary/aromatic N) is 5. The maximum atomic E-state index is 10.8. The highest BCUT2D eigenvalue weighted by molar-refractivity contribution is 6.36. The van der Waals surface area contributed by atoms with E-state index in [9.17, 15) is 10.1 Å². The van der Waals surface area contributed by atoms with E-state index in [1.54, 1.807) is 36.8 Å². The van der Waals surface area contributed by atoms with E-state index in [4.69, 9.17) is 28.9 Å². The quantitative estimate of drug-likeness (QED) is 0.146. The molecule has 0 bridgehead atoms. The Balaban J connectivity index is 0.00000324. The minimum absolute atomic E-state index is 0. The number of hydrogen-bond donors (Lipinski definition) is 4. The van der Waals surface area contributed by atoms with Gasteiger partial charge in [-0.3, -0.25) is 10.1 Å². The van der Waals surface area contributed by atoms with Crippen molar-refractivity contribution in [3.8, 4) is 22.6 Å². The summed E-state index contributed by atoms with van der Waals surface area (Å²) >= 11 is 12.5. The van der Waals surface area contributed by atoms with Gasteiger partial charge in [0.2, 0.25) is 11.8 Å². The van der Waals surface area contributed by atoms with Gasteiger partial charge in [-0.2, -0.15) is 0 Å². The molecule has 3 heterocycles. The summed E-state index contributed by atoms with van der Waals surface area (Å²) in [6, 6.07) is 7.96. The van der Waals surface area contributed by atoms with Gasteiger partial charge in [0.05, 0.1) is 21.2 Å². The van der Waals surface area contributed by atoms with Crippen molar-refractivity contribution < 1.29 is 4.92 Å². The van der Waals surface area contributed by atoms with Crippen molar-refractivity contribution in [1.29, 1.82) is 0 Å². The molecule has 34 heavy (non-hydrogen) atoms. The van der Waals surface area contributed by atoms with Gasteiger partial charge in [0, 0.05) is 48.3 Å². The predicted octanol–water partition coefficient (Wildman–Crippen LogP) is 4.67. The van der Waals surface area contributed by atoms with Crippen molar-refractivity contribution in [2.45, 2.75) is 0 Å². The molecule has 0 saturated heterocycles. The second-order valence-corrected chi connectivity index (χ2v) is 7.57. The van der Waals surface area contributed by atoms with E-state index in [0.29, 0.717) is 57.5 Å². The molecule has 14 heteroatoms. The van der Waals surface area contributed by atoms with E-state index in [1.807, 2.05) is 0 Å². The summed E-state index contributed by atoms with van der Waals surface area (Å²) in [4.78, 5) is 30.6. The number of hydrogen-bond acceptors (Lipinski definition) is 9.